The van der Waals surface area contributed by atoms with Gasteiger partial charge in [0.25, 0.3) is 0 Å². The Hall–Kier alpha value is -1.54. The number of nitrogens with two attached hydrogens (primary N) is 1. The zero-order valence-corrected chi connectivity index (χ0v) is 29.5. The van der Waals surface area contributed by atoms with E-state index in [9.17, 15) is 19.4 Å². The largest absolute Gasteiger partial charge is 0.472 e. The Morgan fingerprint density at radius 3 is 1.91 bits per heavy atom. The van der Waals surface area contributed by atoms with Crippen molar-refractivity contribution in [1.82, 2.24) is 5.32 Å². The standard InChI is InChI=1S/C36H67N2O6P/c1-3-5-7-9-11-13-15-17-18-20-22-24-26-28-30-36(40)38-34(33-44-45(41,42)43-32-31-37)35(39)29-27-25-23-21-19-16-14-12-10-8-6-4-2/h9,11,15,17,19,21,27,29,34-35,39H,3-8,10,12-14,16,18,20,22-26,28,30-33,37H2,1-2H3,(H,38,40)(H,41,42)/b11-9-,17-15-,21-19+,29-27+. The maximum Gasteiger partial charge on any atom is 0.472 e. The van der Waals surface area contributed by atoms with Crippen LogP contribution in [-0.2, 0) is 18.4 Å². The van der Waals surface area contributed by atoms with Gasteiger partial charge < -0.3 is 21.1 Å². The molecule has 0 saturated heterocycles. The zero-order chi connectivity index (χ0) is 33.3. The summed E-state index contributed by atoms with van der Waals surface area (Å²) in [7, 11) is -4.34. The van der Waals surface area contributed by atoms with E-state index in [-0.39, 0.29) is 25.7 Å². The summed E-state index contributed by atoms with van der Waals surface area (Å²) in [6, 6.07) is -0.882. The lowest BCUT2D eigenvalue weighted by Gasteiger charge is -2.23. The predicted molar refractivity (Wildman–Crippen MR) is 189 cm³/mol. The third kappa shape index (κ3) is 30.9. The minimum Gasteiger partial charge on any atom is -0.387 e. The molecular weight excluding hydrogens is 587 g/mol. The summed E-state index contributed by atoms with van der Waals surface area (Å²) in [5.74, 6) is -0.223. The van der Waals surface area contributed by atoms with Gasteiger partial charge in [-0.05, 0) is 57.8 Å². The fourth-order valence-corrected chi connectivity index (χ4v) is 5.39. The number of carbonyl (C=O) groups excluding carboxylic acids is 1. The van der Waals surface area contributed by atoms with Crippen LogP contribution >= 0.6 is 7.82 Å². The molecule has 8 nitrogen and oxygen atoms in total. The van der Waals surface area contributed by atoms with Gasteiger partial charge in [0.1, 0.15) is 0 Å². The van der Waals surface area contributed by atoms with Gasteiger partial charge in [-0.15, -0.1) is 0 Å². The highest BCUT2D eigenvalue weighted by Gasteiger charge is 2.26. The van der Waals surface area contributed by atoms with E-state index in [4.69, 9.17) is 14.8 Å². The third-order valence-electron chi connectivity index (χ3n) is 7.38. The number of amides is 1. The van der Waals surface area contributed by atoms with E-state index >= 15 is 0 Å². The van der Waals surface area contributed by atoms with Crippen LogP contribution in [0.3, 0.4) is 0 Å². The van der Waals surface area contributed by atoms with Gasteiger partial charge >= 0.3 is 7.82 Å². The molecule has 5 N–H and O–H groups in total. The Kier molecular flexibility index (Phi) is 31.3. The molecule has 0 saturated carbocycles. The Morgan fingerprint density at radius 2 is 1.27 bits per heavy atom. The Bertz CT molecular complexity index is 845. The van der Waals surface area contributed by atoms with Gasteiger partial charge in [0.2, 0.25) is 5.91 Å². The summed E-state index contributed by atoms with van der Waals surface area (Å²) in [4.78, 5) is 22.5. The van der Waals surface area contributed by atoms with Crippen molar-refractivity contribution < 1.29 is 28.4 Å². The molecule has 0 aromatic carbocycles. The van der Waals surface area contributed by atoms with E-state index in [1.165, 1.54) is 57.8 Å². The lowest BCUT2D eigenvalue weighted by molar-refractivity contribution is -0.123. The Labute approximate surface area is 275 Å². The van der Waals surface area contributed by atoms with Crippen molar-refractivity contribution in [3.63, 3.8) is 0 Å². The predicted octanol–water partition coefficient (Wildman–Crippen LogP) is 8.99. The van der Waals surface area contributed by atoms with E-state index < -0.39 is 20.0 Å². The molecule has 0 bridgehead atoms. The number of hydrogen-bond acceptors (Lipinski definition) is 6. The van der Waals surface area contributed by atoms with Gasteiger partial charge in [-0.3, -0.25) is 13.8 Å². The number of nitrogens with one attached hydrogen (secondary N) is 1. The van der Waals surface area contributed by atoms with Crippen LogP contribution in [0.1, 0.15) is 142 Å². The van der Waals surface area contributed by atoms with Crippen LogP contribution in [-0.4, -0.2) is 47.8 Å². The van der Waals surface area contributed by atoms with Gasteiger partial charge in [-0.25, -0.2) is 4.57 Å². The number of aliphatic hydroxyl groups excluding tert-OH is 1. The highest BCUT2D eigenvalue weighted by molar-refractivity contribution is 7.47. The quantitative estimate of drug-likeness (QED) is 0.0323. The summed E-state index contributed by atoms with van der Waals surface area (Å²) < 4.78 is 22.0. The highest BCUT2D eigenvalue weighted by atomic mass is 31.2. The average molecular weight is 655 g/mol. The summed E-state index contributed by atoms with van der Waals surface area (Å²) in [5, 5.41) is 13.5. The van der Waals surface area contributed by atoms with Crippen molar-refractivity contribution >= 4 is 13.7 Å². The molecule has 0 aromatic heterocycles. The van der Waals surface area contributed by atoms with Crippen molar-refractivity contribution in [1.29, 1.82) is 0 Å². The van der Waals surface area contributed by atoms with Crippen molar-refractivity contribution in [2.45, 2.75) is 154 Å². The van der Waals surface area contributed by atoms with Crippen molar-refractivity contribution in [2.75, 3.05) is 19.8 Å². The number of hydrogen-bond donors (Lipinski definition) is 4. The molecular formula is C36H67N2O6P. The molecule has 0 aromatic rings. The molecule has 3 atom stereocenters. The molecule has 1 amide bonds. The van der Waals surface area contributed by atoms with Crippen LogP contribution < -0.4 is 11.1 Å². The molecule has 3 unspecified atom stereocenters. The van der Waals surface area contributed by atoms with Gasteiger partial charge in [-0.1, -0.05) is 127 Å². The van der Waals surface area contributed by atoms with Crippen molar-refractivity contribution in [2.24, 2.45) is 5.73 Å². The van der Waals surface area contributed by atoms with Gasteiger partial charge in [-0.2, -0.15) is 0 Å². The smallest absolute Gasteiger partial charge is 0.387 e. The molecule has 0 heterocycles. The minimum absolute atomic E-state index is 0.0698. The second-order valence-corrected chi connectivity index (χ2v) is 13.2. The first-order valence-electron chi connectivity index (χ1n) is 17.8. The van der Waals surface area contributed by atoms with E-state index in [1.807, 2.05) is 6.08 Å². The number of aliphatic hydroxyl groups is 1. The lowest BCUT2D eigenvalue weighted by Crippen LogP contribution is -2.45. The molecule has 0 rings (SSSR count). The van der Waals surface area contributed by atoms with Gasteiger partial charge in [0.05, 0.1) is 25.4 Å². The zero-order valence-electron chi connectivity index (χ0n) is 28.6. The van der Waals surface area contributed by atoms with Gasteiger partial charge in [0.15, 0.2) is 0 Å². The maximum absolute atomic E-state index is 12.6. The average Bonchev–Trinajstić information content (AvgIpc) is 3.02. The normalized spacial score (nSPS) is 15.0. The highest BCUT2D eigenvalue weighted by Crippen LogP contribution is 2.43. The number of allylic oxidation sites excluding steroid dienone is 7. The van der Waals surface area contributed by atoms with E-state index in [0.717, 1.165) is 64.2 Å². The number of rotatable bonds is 32. The third-order valence-corrected chi connectivity index (χ3v) is 8.36. The first-order chi connectivity index (χ1) is 21.9. The van der Waals surface area contributed by atoms with Crippen molar-refractivity contribution in [3.05, 3.63) is 48.6 Å². The first kappa shape index (κ1) is 43.5. The molecule has 0 aliphatic heterocycles. The Morgan fingerprint density at radius 1 is 0.733 bits per heavy atom. The molecule has 0 fully saturated rings. The number of unbranched alkanes of at least 4 members (excludes halogenated alkanes) is 14. The first-order valence-corrected chi connectivity index (χ1v) is 19.3. The second-order valence-electron chi connectivity index (χ2n) is 11.7. The van der Waals surface area contributed by atoms with Crippen LogP contribution in [0.4, 0.5) is 0 Å². The number of phosphoric ester groups is 1. The molecule has 0 aliphatic rings. The monoisotopic (exact) mass is 654 g/mol. The topological polar surface area (TPSA) is 131 Å². The molecule has 0 radical (unpaired) electrons. The van der Waals surface area contributed by atoms with Gasteiger partial charge in [0, 0.05) is 13.0 Å². The summed E-state index contributed by atoms with van der Waals surface area (Å²) in [6.45, 7) is 4.01. The van der Waals surface area contributed by atoms with Crippen LogP contribution in [0.5, 0.6) is 0 Å². The number of carbonyl (C=O) groups is 1. The molecule has 0 spiro atoms. The molecule has 9 heteroatoms. The van der Waals surface area contributed by atoms with Crippen molar-refractivity contribution in [3.8, 4) is 0 Å². The second kappa shape index (κ2) is 32.4. The molecule has 45 heavy (non-hydrogen) atoms. The van der Waals surface area contributed by atoms with E-state index in [2.05, 4.69) is 55.6 Å². The summed E-state index contributed by atoms with van der Waals surface area (Å²) in [6.07, 6.45) is 37.2. The minimum atomic E-state index is -4.34. The molecule has 262 valence electrons. The maximum atomic E-state index is 12.6. The lowest BCUT2D eigenvalue weighted by atomic mass is 10.1. The van der Waals surface area contributed by atoms with Crippen LogP contribution in [0, 0.1) is 0 Å². The molecule has 0 aliphatic carbocycles. The summed E-state index contributed by atoms with van der Waals surface area (Å²) >= 11 is 0. The number of phosphoric acid groups is 1. The Balaban J connectivity index is 4.45. The van der Waals surface area contributed by atoms with E-state index in [1.54, 1.807) is 6.08 Å². The van der Waals surface area contributed by atoms with Crippen LogP contribution in [0.25, 0.3) is 0 Å². The fraction of sp³-hybridized carbons (Fsp3) is 0.750. The van der Waals surface area contributed by atoms with E-state index in [0.29, 0.717) is 6.42 Å². The van der Waals surface area contributed by atoms with Crippen LogP contribution in [0.15, 0.2) is 48.6 Å². The fourth-order valence-electron chi connectivity index (χ4n) is 4.63. The summed E-state index contributed by atoms with van der Waals surface area (Å²) in [5.41, 5.74) is 5.34. The van der Waals surface area contributed by atoms with Crippen LogP contribution in [0.2, 0.25) is 0 Å². The SMILES string of the molecule is CCCC/C=C\C/C=C\CCCCCCCC(=O)NC(COP(=O)(O)OCCN)C(O)/C=C/CC/C=C/CCCCCCCC.